The van der Waals surface area contributed by atoms with Crippen molar-refractivity contribution in [1.82, 2.24) is 5.32 Å². The van der Waals surface area contributed by atoms with Gasteiger partial charge >= 0.3 is 0 Å². The molecule has 0 heterocycles. The van der Waals surface area contributed by atoms with E-state index in [2.05, 4.69) is 5.32 Å². The monoisotopic (exact) mass is 309 g/mol. The Morgan fingerprint density at radius 1 is 1.05 bits per heavy atom. The molecule has 0 spiro atoms. The molecule has 0 bridgehead atoms. The van der Waals surface area contributed by atoms with E-state index in [0.29, 0.717) is 22.7 Å². The molecule has 1 N–H and O–H groups in total. The normalized spacial score (nSPS) is 12.5. The molecule has 0 amide bonds. The number of hydrogen-bond acceptors (Lipinski definition) is 1. The van der Waals surface area contributed by atoms with Gasteiger partial charge in [0.25, 0.3) is 0 Å². The summed E-state index contributed by atoms with van der Waals surface area (Å²) >= 11 is 6.36. The molecule has 0 fully saturated rings. The van der Waals surface area contributed by atoms with Crippen LogP contribution in [0.3, 0.4) is 0 Å². The molecule has 2 aromatic rings. The Hall–Kier alpha value is -1.45. The summed E-state index contributed by atoms with van der Waals surface area (Å²) in [4.78, 5) is 0. The lowest BCUT2D eigenvalue weighted by atomic mass is 9.95. The molecular weight excluding hydrogens is 292 g/mol. The first kappa shape index (κ1) is 15.9. The topological polar surface area (TPSA) is 12.0 Å². The first-order valence-corrected chi connectivity index (χ1v) is 7.27. The highest BCUT2D eigenvalue weighted by Crippen LogP contribution is 2.32. The zero-order valence-electron chi connectivity index (χ0n) is 12.3. The van der Waals surface area contributed by atoms with Crippen molar-refractivity contribution in [3.63, 3.8) is 0 Å². The first-order chi connectivity index (χ1) is 9.95. The molecule has 21 heavy (non-hydrogen) atoms. The lowest BCUT2D eigenvalue weighted by molar-refractivity contribution is 0.537. The Labute approximate surface area is 128 Å². The molecule has 1 unspecified atom stereocenters. The van der Waals surface area contributed by atoms with Crippen LogP contribution in [-0.4, -0.2) is 6.54 Å². The largest absolute Gasteiger partial charge is 0.306 e. The van der Waals surface area contributed by atoms with Gasteiger partial charge in [-0.25, -0.2) is 8.78 Å². The van der Waals surface area contributed by atoms with Crippen LogP contribution in [-0.2, 0) is 0 Å². The van der Waals surface area contributed by atoms with Crippen LogP contribution in [0.1, 0.15) is 35.2 Å². The van der Waals surface area contributed by atoms with Gasteiger partial charge in [0.1, 0.15) is 11.6 Å². The summed E-state index contributed by atoms with van der Waals surface area (Å²) in [6, 6.07) is 7.72. The van der Waals surface area contributed by atoms with Crippen LogP contribution < -0.4 is 5.32 Å². The molecule has 0 aliphatic carbocycles. The average Bonchev–Trinajstić information content (AvgIpc) is 2.44. The van der Waals surface area contributed by atoms with E-state index >= 15 is 0 Å². The fraction of sp³-hybridized carbons (Fsp3) is 0.294. The van der Waals surface area contributed by atoms with Gasteiger partial charge in [-0.1, -0.05) is 36.7 Å². The number of benzene rings is 2. The van der Waals surface area contributed by atoms with E-state index in [4.69, 9.17) is 11.6 Å². The van der Waals surface area contributed by atoms with Crippen molar-refractivity contribution in [2.75, 3.05) is 6.54 Å². The molecule has 1 nitrogen and oxygen atoms in total. The van der Waals surface area contributed by atoms with Crippen LogP contribution in [0.15, 0.2) is 30.3 Å². The maximum Gasteiger partial charge on any atom is 0.131 e. The second-order valence-corrected chi connectivity index (χ2v) is 5.47. The zero-order valence-corrected chi connectivity index (χ0v) is 13.1. The van der Waals surface area contributed by atoms with Gasteiger partial charge in [-0.3, -0.25) is 0 Å². The molecule has 0 aliphatic rings. The third-order valence-corrected chi connectivity index (χ3v) is 4.05. The van der Waals surface area contributed by atoms with Crippen molar-refractivity contribution in [3.8, 4) is 0 Å². The Morgan fingerprint density at radius 2 is 1.76 bits per heavy atom. The van der Waals surface area contributed by atoms with Crippen molar-refractivity contribution >= 4 is 11.6 Å². The molecular formula is C17H18ClF2N. The van der Waals surface area contributed by atoms with Crippen molar-refractivity contribution in [2.45, 2.75) is 26.8 Å². The summed E-state index contributed by atoms with van der Waals surface area (Å²) < 4.78 is 27.7. The molecule has 2 aromatic carbocycles. The lowest BCUT2D eigenvalue weighted by Gasteiger charge is -2.22. The van der Waals surface area contributed by atoms with Gasteiger partial charge in [0.2, 0.25) is 0 Å². The average molecular weight is 310 g/mol. The number of aryl methyl sites for hydroxylation is 2. The van der Waals surface area contributed by atoms with Crippen LogP contribution in [0.2, 0.25) is 5.02 Å². The summed E-state index contributed by atoms with van der Waals surface area (Å²) in [5.41, 5.74) is 2.54. The molecule has 0 aliphatic heterocycles. The molecule has 1 atom stereocenters. The van der Waals surface area contributed by atoms with E-state index in [1.807, 2.05) is 32.0 Å². The number of halogens is 3. The second kappa shape index (κ2) is 6.54. The van der Waals surface area contributed by atoms with Crippen molar-refractivity contribution in [2.24, 2.45) is 0 Å². The number of hydrogen-bond donors (Lipinski definition) is 1. The molecule has 112 valence electrons. The zero-order chi connectivity index (χ0) is 15.6. The SMILES string of the molecule is CCNC(c1cc(C)c(F)cc1F)c1cccc(C)c1Cl. The van der Waals surface area contributed by atoms with Crippen molar-refractivity contribution in [3.05, 3.63) is 69.2 Å². The standard InChI is InChI=1S/C17H18ClF2N/c1-4-21-17(12-7-5-6-10(2)16(12)18)13-8-11(3)14(19)9-15(13)20/h5-9,17,21H,4H2,1-3H3. The highest BCUT2D eigenvalue weighted by atomic mass is 35.5. The lowest BCUT2D eigenvalue weighted by Crippen LogP contribution is -2.23. The number of rotatable bonds is 4. The summed E-state index contributed by atoms with van der Waals surface area (Å²) in [5.74, 6) is -1.11. The Bertz CT molecular complexity index is 655. The summed E-state index contributed by atoms with van der Waals surface area (Å²) in [7, 11) is 0. The minimum atomic E-state index is -0.568. The molecule has 0 saturated heterocycles. The highest BCUT2D eigenvalue weighted by molar-refractivity contribution is 6.32. The molecule has 2 rings (SSSR count). The van der Waals surface area contributed by atoms with Gasteiger partial charge in [-0.2, -0.15) is 0 Å². The second-order valence-electron chi connectivity index (χ2n) is 5.09. The number of nitrogens with one attached hydrogen (secondary N) is 1. The van der Waals surface area contributed by atoms with E-state index in [-0.39, 0.29) is 0 Å². The third kappa shape index (κ3) is 3.25. The predicted molar refractivity (Wildman–Crippen MR) is 82.8 cm³/mol. The van der Waals surface area contributed by atoms with Gasteiger partial charge in [0.05, 0.1) is 6.04 Å². The van der Waals surface area contributed by atoms with E-state index in [1.54, 1.807) is 6.92 Å². The highest BCUT2D eigenvalue weighted by Gasteiger charge is 2.21. The molecule has 0 radical (unpaired) electrons. The van der Waals surface area contributed by atoms with Gasteiger partial charge < -0.3 is 5.32 Å². The quantitative estimate of drug-likeness (QED) is 0.844. The van der Waals surface area contributed by atoms with Gasteiger partial charge in [-0.15, -0.1) is 0 Å². The molecule has 0 aromatic heterocycles. The summed E-state index contributed by atoms with van der Waals surface area (Å²) in [6.07, 6.45) is 0. The van der Waals surface area contributed by atoms with E-state index in [9.17, 15) is 8.78 Å². The molecule has 0 saturated carbocycles. The first-order valence-electron chi connectivity index (χ1n) is 6.89. The Kier molecular flexibility index (Phi) is 4.96. The van der Waals surface area contributed by atoms with Gasteiger partial charge in [0, 0.05) is 16.7 Å². The van der Waals surface area contributed by atoms with Gasteiger partial charge in [0.15, 0.2) is 0 Å². The van der Waals surface area contributed by atoms with E-state index in [0.717, 1.165) is 17.2 Å². The minimum Gasteiger partial charge on any atom is -0.306 e. The fourth-order valence-corrected chi connectivity index (χ4v) is 2.62. The third-order valence-electron chi connectivity index (χ3n) is 3.53. The minimum absolute atomic E-state index is 0.401. The fourth-order valence-electron chi connectivity index (χ4n) is 2.39. The van der Waals surface area contributed by atoms with E-state index < -0.39 is 17.7 Å². The van der Waals surface area contributed by atoms with Crippen LogP contribution in [0.5, 0.6) is 0 Å². The summed E-state index contributed by atoms with van der Waals surface area (Å²) in [5, 5.41) is 3.83. The summed E-state index contributed by atoms with van der Waals surface area (Å²) in [6.45, 7) is 6.11. The maximum atomic E-state index is 14.2. The molecule has 4 heteroatoms. The van der Waals surface area contributed by atoms with Crippen molar-refractivity contribution in [1.29, 1.82) is 0 Å². The Balaban J connectivity index is 2.59. The smallest absolute Gasteiger partial charge is 0.131 e. The van der Waals surface area contributed by atoms with E-state index in [1.165, 1.54) is 6.07 Å². The van der Waals surface area contributed by atoms with Crippen LogP contribution in [0.25, 0.3) is 0 Å². The van der Waals surface area contributed by atoms with Gasteiger partial charge in [-0.05, 0) is 43.1 Å². The van der Waals surface area contributed by atoms with Crippen LogP contribution in [0.4, 0.5) is 8.78 Å². The van der Waals surface area contributed by atoms with Crippen LogP contribution in [0, 0.1) is 25.5 Å². The van der Waals surface area contributed by atoms with Crippen LogP contribution >= 0.6 is 11.6 Å². The Morgan fingerprint density at radius 3 is 2.43 bits per heavy atom. The maximum absolute atomic E-state index is 14.2. The predicted octanol–water partition coefficient (Wildman–Crippen LogP) is 4.93. The van der Waals surface area contributed by atoms with Crippen molar-refractivity contribution < 1.29 is 8.78 Å².